The van der Waals surface area contributed by atoms with Crippen molar-refractivity contribution in [2.45, 2.75) is 126 Å². The molecule has 9 atom stereocenters. The molecule has 0 aromatic carbocycles. The Hall–Kier alpha value is -1.19. The Bertz CT molecular complexity index is 965. The molecule has 5 saturated carbocycles. The van der Waals surface area contributed by atoms with Crippen molar-refractivity contribution in [3.05, 3.63) is 0 Å². The number of Topliss-reactive ketones (excluding diaryl/α,β-unsaturated/α-hetero) is 2. The van der Waals surface area contributed by atoms with Crippen LogP contribution in [0.5, 0.6) is 0 Å². The quantitative estimate of drug-likeness (QED) is 0.287. The summed E-state index contributed by atoms with van der Waals surface area (Å²) in [5.41, 5.74) is -0.577. The van der Waals surface area contributed by atoms with Gasteiger partial charge in [-0.05, 0) is 84.4 Å². The van der Waals surface area contributed by atoms with Gasteiger partial charge in [0.05, 0.1) is 0 Å². The monoisotopic (exact) mass is 498 g/mol. The van der Waals surface area contributed by atoms with Crippen LogP contribution in [-0.2, 0) is 19.1 Å². The van der Waals surface area contributed by atoms with Crippen LogP contribution in [-0.4, -0.2) is 23.6 Å². The maximum absolute atomic E-state index is 14.2. The lowest BCUT2D eigenvalue weighted by Gasteiger charge is -2.61. The number of hydrogen-bond acceptors (Lipinski definition) is 4. The van der Waals surface area contributed by atoms with E-state index >= 15 is 0 Å². The van der Waals surface area contributed by atoms with Gasteiger partial charge in [-0.3, -0.25) is 14.4 Å². The second-order valence-corrected chi connectivity index (χ2v) is 15.3. The van der Waals surface area contributed by atoms with Crippen molar-refractivity contribution in [1.82, 2.24) is 0 Å². The minimum atomic E-state index is -0.504. The molecule has 5 rings (SSSR count). The van der Waals surface area contributed by atoms with E-state index < -0.39 is 5.41 Å². The minimum absolute atomic E-state index is 0.0227. The molecule has 202 valence electrons. The fourth-order valence-corrected chi connectivity index (χ4v) is 11.2. The van der Waals surface area contributed by atoms with Gasteiger partial charge in [-0.15, -0.1) is 0 Å². The third-order valence-electron chi connectivity index (χ3n) is 13.1. The SMILES string of the molecule is CC(=O)OC1CCC23CC24CCC2(C)C(C(C)CCCC(C)C)CCC2(C)C4C(=O)C(=O)C3C1(C)C. The lowest BCUT2D eigenvalue weighted by atomic mass is 9.41. The Labute approximate surface area is 219 Å². The molecule has 0 aromatic heterocycles. The molecule has 5 aliphatic carbocycles. The molecular formula is C32H50O4. The normalized spacial score (nSPS) is 47.5. The highest BCUT2D eigenvalue weighted by Gasteiger charge is 2.86. The van der Waals surface area contributed by atoms with Crippen molar-refractivity contribution in [2.24, 2.45) is 56.7 Å². The summed E-state index contributed by atoms with van der Waals surface area (Å²) in [4.78, 5) is 40.1. The summed E-state index contributed by atoms with van der Waals surface area (Å²) < 4.78 is 5.73. The maximum atomic E-state index is 14.2. The molecule has 2 spiro atoms. The Kier molecular flexibility index (Phi) is 5.98. The van der Waals surface area contributed by atoms with Gasteiger partial charge in [0.15, 0.2) is 0 Å². The Balaban J connectivity index is 1.46. The first-order valence-corrected chi connectivity index (χ1v) is 14.9. The summed E-state index contributed by atoms with van der Waals surface area (Å²) in [6.45, 7) is 17.5. The van der Waals surface area contributed by atoms with E-state index in [9.17, 15) is 14.4 Å². The van der Waals surface area contributed by atoms with E-state index in [4.69, 9.17) is 4.74 Å². The van der Waals surface area contributed by atoms with E-state index in [0.717, 1.165) is 38.0 Å². The summed E-state index contributed by atoms with van der Waals surface area (Å²) >= 11 is 0. The van der Waals surface area contributed by atoms with E-state index in [1.54, 1.807) is 0 Å². The number of rotatable bonds is 6. The molecule has 36 heavy (non-hydrogen) atoms. The van der Waals surface area contributed by atoms with Crippen LogP contribution < -0.4 is 0 Å². The molecule has 5 fully saturated rings. The number of hydrogen-bond donors (Lipinski definition) is 0. The number of esters is 1. The Morgan fingerprint density at radius 1 is 0.861 bits per heavy atom. The molecule has 5 aliphatic rings. The van der Waals surface area contributed by atoms with Gasteiger partial charge in [-0.25, -0.2) is 0 Å². The molecule has 0 N–H and O–H groups in total. The molecule has 0 radical (unpaired) electrons. The lowest BCUT2D eigenvalue weighted by Crippen LogP contribution is -2.64. The number of carbonyl (C=O) groups excluding carboxylic acids is 3. The molecule has 0 heterocycles. The summed E-state index contributed by atoms with van der Waals surface area (Å²) in [5, 5.41) is 0. The molecular weight excluding hydrogens is 448 g/mol. The number of ether oxygens (including phenoxy) is 1. The molecule has 0 aliphatic heterocycles. The Morgan fingerprint density at radius 3 is 2.14 bits per heavy atom. The van der Waals surface area contributed by atoms with Gasteiger partial charge >= 0.3 is 5.97 Å². The largest absolute Gasteiger partial charge is 0.462 e. The van der Waals surface area contributed by atoms with Gasteiger partial charge in [-0.2, -0.15) is 0 Å². The van der Waals surface area contributed by atoms with Crippen molar-refractivity contribution in [3.63, 3.8) is 0 Å². The van der Waals surface area contributed by atoms with Crippen LogP contribution in [0.15, 0.2) is 0 Å². The van der Waals surface area contributed by atoms with E-state index in [-0.39, 0.29) is 57.1 Å². The standard InChI is InChI=1S/C32H50O4/c1-19(2)10-9-11-20(3)22-12-14-30(8)27-25(35)24(34)26-28(5,6)23(36-21(4)33)13-15-31(26)18-32(27,31)17-16-29(22,30)7/h19-20,22-23,26-27H,9-18H2,1-8H3. The van der Waals surface area contributed by atoms with Gasteiger partial charge in [0, 0.05) is 24.2 Å². The van der Waals surface area contributed by atoms with Crippen LogP contribution >= 0.6 is 0 Å². The zero-order valence-electron chi connectivity index (χ0n) is 24.2. The topological polar surface area (TPSA) is 60.4 Å². The molecule has 9 unspecified atom stereocenters. The van der Waals surface area contributed by atoms with Gasteiger partial charge in [0.2, 0.25) is 11.6 Å². The average Bonchev–Trinajstić information content (AvgIpc) is 3.30. The highest BCUT2D eigenvalue weighted by atomic mass is 16.5. The molecule has 4 nitrogen and oxygen atoms in total. The first kappa shape index (κ1) is 26.4. The summed E-state index contributed by atoms with van der Waals surface area (Å²) in [5.74, 6) is 1.11. The summed E-state index contributed by atoms with van der Waals surface area (Å²) in [6, 6.07) is 0. The van der Waals surface area contributed by atoms with Crippen molar-refractivity contribution < 1.29 is 19.1 Å². The summed E-state index contributed by atoms with van der Waals surface area (Å²) in [7, 11) is 0. The second-order valence-electron chi connectivity index (χ2n) is 15.3. The van der Waals surface area contributed by atoms with Crippen molar-refractivity contribution in [2.75, 3.05) is 0 Å². The first-order valence-electron chi connectivity index (χ1n) is 14.9. The van der Waals surface area contributed by atoms with Crippen LogP contribution in [0.2, 0.25) is 0 Å². The third-order valence-corrected chi connectivity index (χ3v) is 13.1. The molecule has 0 amide bonds. The highest BCUT2D eigenvalue weighted by molar-refractivity contribution is 6.40. The van der Waals surface area contributed by atoms with Crippen molar-refractivity contribution in [1.29, 1.82) is 0 Å². The van der Waals surface area contributed by atoms with Crippen LogP contribution in [0.4, 0.5) is 0 Å². The zero-order chi connectivity index (χ0) is 26.5. The fraction of sp³-hybridized carbons (Fsp3) is 0.906. The predicted octanol–water partition coefficient (Wildman–Crippen LogP) is 7.18. The van der Waals surface area contributed by atoms with Gasteiger partial charge < -0.3 is 4.74 Å². The van der Waals surface area contributed by atoms with E-state index in [0.29, 0.717) is 11.8 Å². The van der Waals surface area contributed by atoms with E-state index in [1.165, 1.54) is 39.0 Å². The molecule has 0 aromatic rings. The minimum Gasteiger partial charge on any atom is -0.462 e. The van der Waals surface area contributed by atoms with Crippen molar-refractivity contribution >= 4 is 17.5 Å². The smallest absolute Gasteiger partial charge is 0.302 e. The number of ketones is 2. The van der Waals surface area contributed by atoms with E-state index in [1.807, 2.05) is 0 Å². The van der Waals surface area contributed by atoms with Crippen LogP contribution in [0, 0.1) is 56.7 Å². The first-order chi connectivity index (χ1) is 16.7. The molecule has 0 saturated heterocycles. The Morgan fingerprint density at radius 2 is 1.50 bits per heavy atom. The number of carbonyl (C=O) groups is 3. The van der Waals surface area contributed by atoms with E-state index in [2.05, 4.69) is 48.5 Å². The van der Waals surface area contributed by atoms with Crippen LogP contribution in [0.3, 0.4) is 0 Å². The van der Waals surface area contributed by atoms with Gasteiger partial charge in [0.25, 0.3) is 0 Å². The summed E-state index contributed by atoms with van der Waals surface area (Å²) in [6.07, 6.45) is 10.8. The highest BCUT2D eigenvalue weighted by Crippen LogP contribution is 2.88. The predicted molar refractivity (Wildman–Crippen MR) is 141 cm³/mol. The third kappa shape index (κ3) is 3.20. The van der Waals surface area contributed by atoms with Crippen molar-refractivity contribution in [3.8, 4) is 0 Å². The zero-order valence-corrected chi connectivity index (χ0v) is 24.2. The van der Waals surface area contributed by atoms with Gasteiger partial charge in [-0.1, -0.05) is 67.7 Å². The van der Waals surface area contributed by atoms with Gasteiger partial charge in [0.1, 0.15) is 6.10 Å². The maximum Gasteiger partial charge on any atom is 0.302 e. The van der Waals surface area contributed by atoms with Crippen LogP contribution in [0.25, 0.3) is 0 Å². The fourth-order valence-electron chi connectivity index (χ4n) is 11.2. The molecule has 0 bridgehead atoms. The second kappa shape index (κ2) is 8.15. The number of fused-ring (bicyclic) bond motifs is 2. The molecule has 4 heteroatoms. The average molecular weight is 499 g/mol. The van der Waals surface area contributed by atoms with Crippen LogP contribution in [0.1, 0.15) is 120 Å². The lowest BCUT2D eigenvalue weighted by molar-refractivity contribution is -0.188.